The Labute approximate surface area is 150 Å². The highest BCUT2D eigenvalue weighted by Gasteiger charge is 2.06. The third kappa shape index (κ3) is 5.85. The topological polar surface area (TPSA) is 98.8 Å². The Morgan fingerprint density at radius 3 is 2.04 bits per heavy atom. The Morgan fingerprint density at radius 2 is 1.52 bits per heavy atom. The van der Waals surface area contributed by atoms with Gasteiger partial charge in [-0.3, -0.25) is 20.2 Å². The summed E-state index contributed by atoms with van der Waals surface area (Å²) in [4.78, 5) is 21.4. The summed E-state index contributed by atoms with van der Waals surface area (Å²) in [6, 6.07) is 10.5. The van der Waals surface area contributed by atoms with Crippen molar-refractivity contribution in [3.05, 3.63) is 74.3 Å². The fraction of sp³-hybridized carbons (Fsp3) is 0.294. The van der Waals surface area contributed by atoms with Crippen molar-refractivity contribution in [3.8, 4) is 5.75 Å². The van der Waals surface area contributed by atoms with Crippen molar-refractivity contribution in [2.24, 2.45) is 0 Å². The lowest BCUT2D eigenvalue weighted by Crippen LogP contribution is -2.26. The van der Waals surface area contributed by atoms with Gasteiger partial charge in [0.15, 0.2) is 0 Å². The predicted octanol–water partition coefficient (Wildman–Crippen LogP) is 3.06. The highest BCUT2D eigenvalue weighted by Crippen LogP contribution is 2.17. The summed E-state index contributed by atoms with van der Waals surface area (Å²) in [7, 11) is 1.39. The predicted molar refractivity (Wildman–Crippen MR) is 92.9 cm³/mol. The van der Waals surface area contributed by atoms with Crippen LogP contribution in [0.15, 0.2) is 48.5 Å². The van der Waals surface area contributed by atoms with E-state index in [9.17, 15) is 20.2 Å². The van der Waals surface area contributed by atoms with Gasteiger partial charge in [-0.1, -0.05) is 12.1 Å². The van der Waals surface area contributed by atoms with Crippen molar-refractivity contribution in [2.45, 2.75) is 6.42 Å². The van der Waals surface area contributed by atoms with E-state index in [-0.39, 0.29) is 23.7 Å². The van der Waals surface area contributed by atoms with E-state index >= 15 is 0 Å². The molecule has 0 amide bonds. The van der Waals surface area contributed by atoms with E-state index in [1.165, 1.54) is 31.3 Å². The molecule has 0 atom stereocenters. The molecule has 0 aliphatic rings. The minimum Gasteiger partial charge on any atom is -0.492 e. The van der Waals surface area contributed by atoms with Gasteiger partial charge in [0.25, 0.3) is 11.4 Å². The zero-order valence-corrected chi connectivity index (χ0v) is 13.4. The van der Waals surface area contributed by atoms with Crippen LogP contribution in [0.4, 0.5) is 11.4 Å². The summed E-state index contributed by atoms with van der Waals surface area (Å²) in [6.45, 7) is -5.17. The third-order valence-electron chi connectivity index (χ3n) is 3.34. The number of nitrogens with zero attached hydrogens (tertiary/aromatic N) is 3. The number of nitro benzene ring substituents is 2. The maximum absolute atomic E-state index is 10.7. The standard InChI is InChI=1S/C17H19N3O5/c1-18(11-10-14-2-4-15(5-3-14)19(21)22)12-13-25-17-8-6-16(7-9-17)20(23)24/h2-9H,10-13H2,1H3/i12D2,13D2. The van der Waals surface area contributed by atoms with Crippen LogP contribution in [-0.4, -0.2) is 41.4 Å². The highest BCUT2D eigenvalue weighted by atomic mass is 16.6. The van der Waals surface area contributed by atoms with Gasteiger partial charge in [0.1, 0.15) is 12.3 Å². The fourth-order valence-electron chi connectivity index (χ4n) is 1.93. The Balaban J connectivity index is 2.03. The zero-order valence-electron chi connectivity index (χ0n) is 17.4. The van der Waals surface area contributed by atoms with Crippen LogP contribution in [0.5, 0.6) is 5.75 Å². The first-order chi connectivity index (χ1) is 13.4. The second-order valence-corrected chi connectivity index (χ2v) is 5.16. The number of ether oxygens (including phenoxy) is 1. The van der Waals surface area contributed by atoms with E-state index in [1.807, 2.05) is 0 Å². The van der Waals surface area contributed by atoms with Crippen molar-refractivity contribution < 1.29 is 20.1 Å². The van der Waals surface area contributed by atoms with Crippen molar-refractivity contribution >= 4 is 11.4 Å². The molecule has 0 N–H and O–H groups in total. The van der Waals surface area contributed by atoms with Gasteiger partial charge in [0.2, 0.25) is 0 Å². The van der Waals surface area contributed by atoms with Crippen LogP contribution in [0.25, 0.3) is 0 Å². The molecule has 8 nitrogen and oxygen atoms in total. The number of hydrogen-bond donors (Lipinski definition) is 0. The van der Waals surface area contributed by atoms with Crippen molar-refractivity contribution in [1.29, 1.82) is 0 Å². The molecule has 0 saturated carbocycles. The van der Waals surface area contributed by atoms with E-state index in [4.69, 9.17) is 10.2 Å². The van der Waals surface area contributed by atoms with Gasteiger partial charge < -0.3 is 9.64 Å². The Hall–Kier alpha value is -3.00. The van der Waals surface area contributed by atoms with E-state index in [0.717, 1.165) is 22.6 Å². The first-order valence-corrected chi connectivity index (χ1v) is 7.32. The first-order valence-electron chi connectivity index (χ1n) is 9.32. The van der Waals surface area contributed by atoms with Gasteiger partial charge >= 0.3 is 0 Å². The van der Waals surface area contributed by atoms with Crippen molar-refractivity contribution in [3.63, 3.8) is 0 Å². The molecule has 0 aliphatic heterocycles. The van der Waals surface area contributed by atoms with Gasteiger partial charge in [-0.05, 0) is 31.2 Å². The maximum Gasteiger partial charge on any atom is 0.269 e. The van der Waals surface area contributed by atoms with E-state index in [1.54, 1.807) is 12.1 Å². The lowest BCUT2D eigenvalue weighted by Gasteiger charge is -2.17. The summed E-state index contributed by atoms with van der Waals surface area (Å²) in [5.41, 5.74) is 0.488. The second kappa shape index (κ2) is 8.74. The van der Waals surface area contributed by atoms with Crippen LogP contribution in [0.3, 0.4) is 0 Å². The van der Waals surface area contributed by atoms with Gasteiger partial charge in [-0.15, -0.1) is 0 Å². The molecular weight excluding hydrogens is 326 g/mol. The summed E-state index contributed by atoms with van der Waals surface area (Å²) >= 11 is 0. The molecule has 0 heterocycles. The smallest absolute Gasteiger partial charge is 0.269 e. The van der Waals surface area contributed by atoms with Crippen LogP contribution in [0.1, 0.15) is 11.0 Å². The number of likely N-dealkylation sites (N-methyl/N-ethyl adjacent to an activating group) is 1. The minimum atomic E-state index is -2.76. The third-order valence-corrected chi connectivity index (χ3v) is 3.34. The van der Waals surface area contributed by atoms with Gasteiger partial charge in [-0.25, -0.2) is 0 Å². The lowest BCUT2D eigenvalue weighted by atomic mass is 10.1. The molecular formula is C17H19N3O5. The Morgan fingerprint density at radius 1 is 1.00 bits per heavy atom. The minimum absolute atomic E-state index is 0.0479. The monoisotopic (exact) mass is 349 g/mol. The van der Waals surface area contributed by atoms with Crippen LogP contribution in [0.2, 0.25) is 0 Å². The summed E-state index contributed by atoms with van der Waals surface area (Å²) in [5, 5.41) is 21.4. The quantitative estimate of drug-likeness (QED) is 0.509. The molecule has 0 aromatic heterocycles. The van der Waals surface area contributed by atoms with E-state index in [0.29, 0.717) is 6.42 Å². The van der Waals surface area contributed by atoms with Gasteiger partial charge in [0.05, 0.1) is 12.6 Å². The molecule has 0 unspecified atom stereocenters. The number of benzene rings is 2. The molecule has 2 aromatic rings. The highest BCUT2D eigenvalue weighted by molar-refractivity contribution is 5.36. The van der Waals surface area contributed by atoms with Crippen LogP contribution in [-0.2, 0) is 6.42 Å². The summed E-state index contributed by atoms with van der Waals surface area (Å²) < 4.78 is 37.5. The molecule has 2 rings (SSSR count). The van der Waals surface area contributed by atoms with E-state index < -0.39 is 22.9 Å². The molecule has 8 heteroatoms. The molecule has 0 aliphatic carbocycles. The van der Waals surface area contributed by atoms with E-state index in [2.05, 4.69) is 0 Å². The molecule has 0 fully saturated rings. The SMILES string of the molecule is [2H]C([2H])(Oc1ccc([N+](=O)[O-])cc1)C([2H])([2H])N(C)CCc1ccc([N+](=O)[O-])cc1. The second-order valence-electron chi connectivity index (χ2n) is 5.16. The largest absolute Gasteiger partial charge is 0.492 e. The molecule has 0 saturated heterocycles. The molecule has 25 heavy (non-hydrogen) atoms. The van der Waals surface area contributed by atoms with Crippen LogP contribution < -0.4 is 4.74 Å². The van der Waals surface area contributed by atoms with Crippen LogP contribution >= 0.6 is 0 Å². The molecule has 2 aromatic carbocycles. The number of nitro groups is 2. The molecule has 0 radical (unpaired) electrons. The average Bonchev–Trinajstić information content (AvgIpc) is 2.66. The molecule has 0 spiro atoms. The maximum atomic E-state index is 10.7. The van der Waals surface area contributed by atoms with Crippen molar-refractivity contribution in [1.82, 2.24) is 4.90 Å². The number of rotatable bonds is 9. The first kappa shape index (κ1) is 13.3. The Bertz CT molecular complexity index is 876. The normalized spacial score (nSPS) is 14.2. The number of non-ortho nitro benzene ring substituents is 2. The molecule has 132 valence electrons. The average molecular weight is 349 g/mol. The lowest BCUT2D eigenvalue weighted by molar-refractivity contribution is -0.385. The van der Waals surface area contributed by atoms with Gasteiger partial charge in [-0.2, -0.15) is 0 Å². The van der Waals surface area contributed by atoms with Crippen LogP contribution in [0, 0.1) is 20.2 Å². The Kier molecular flexibility index (Phi) is 4.65. The molecule has 0 bridgehead atoms. The van der Waals surface area contributed by atoms with Gasteiger partial charge in [0, 0.05) is 40.0 Å². The fourth-order valence-corrected chi connectivity index (χ4v) is 1.93. The summed E-state index contributed by atoms with van der Waals surface area (Å²) in [5.74, 6) is -0.0479. The van der Waals surface area contributed by atoms with Crippen molar-refractivity contribution in [2.75, 3.05) is 26.6 Å². The summed E-state index contributed by atoms with van der Waals surface area (Å²) in [6.07, 6.45) is 0.335. The number of hydrogen-bond acceptors (Lipinski definition) is 6. The zero-order chi connectivity index (χ0) is 21.8.